The SMILES string of the molecule is C=Cc1ccccc1C=C.CSI. The van der Waals surface area contributed by atoms with Gasteiger partial charge in [-0.2, -0.15) is 0 Å². The third-order valence-electron chi connectivity index (χ3n) is 1.44. The summed E-state index contributed by atoms with van der Waals surface area (Å²) in [7, 11) is 1.72. The molecule has 0 aliphatic rings. The van der Waals surface area contributed by atoms with Crippen LogP contribution < -0.4 is 0 Å². The van der Waals surface area contributed by atoms with Crippen LogP contribution in [0.3, 0.4) is 0 Å². The van der Waals surface area contributed by atoms with Gasteiger partial charge in [-0.05, 0) is 38.6 Å². The molecule has 0 radical (unpaired) electrons. The molecule has 0 saturated carbocycles. The molecule has 0 heterocycles. The highest BCUT2D eigenvalue weighted by molar-refractivity contribution is 14.2. The lowest BCUT2D eigenvalue weighted by Crippen LogP contribution is -1.76. The fourth-order valence-electron chi connectivity index (χ4n) is 0.883. The minimum absolute atomic E-state index is 1.14. The molecule has 13 heavy (non-hydrogen) atoms. The molecule has 0 N–H and O–H groups in total. The van der Waals surface area contributed by atoms with Crippen molar-refractivity contribution in [2.24, 2.45) is 0 Å². The highest BCUT2D eigenvalue weighted by Gasteiger charge is 1.89. The Labute approximate surface area is 96.7 Å². The summed E-state index contributed by atoms with van der Waals surface area (Å²) in [5.41, 5.74) is 2.27. The maximum absolute atomic E-state index is 3.69. The Morgan fingerprint density at radius 2 is 1.46 bits per heavy atom. The van der Waals surface area contributed by atoms with Crippen LogP contribution in [0.25, 0.3) is 12.2 Å². The molecule has 0 unspecified atom stereocenters. The maximum Gasteiger partial charge on any atom is -0.00450 e. The summed E-state index contributed by atoms with van der Waals surface area (Å²) < 4.78 is 0. The Kier molecular flexibility index (Phi) is 8.24. The summed E-state index contributed by atoms with van der Waals surface area (Å²) in [6, 6.07) is 8.02. The molecule has 0 amide bonds. The fraction of sp³-hybridized carbons (Fsp3) is 0.0909. The van der Waals surface area contributed by atoms with Gasteiger partial charge in [0.1, 0.15) is 0 Å². The molecule has 0 aromatic heterocycles. The van der Waals surface area contributed by atoms with Gasteiger partial charge in [-0.1, -0.05) is 58.5 Å². The number of halogens is 1. The smallest absolute Gasteiger partial charge is 0.00450 e. The van der Waals surface area contributed by atoms with Gasteiger partial charge < -0.3 is 0 Å². The van der Waals surface area contributed by atoms with Crippen molar-refractivity contribution < 1.29 is 0 Å². The van der Waals surface area contributed by atoms with Gasteiger partial charge in [0.25, 0.3) is 0 Å². The zero-order valence-electron chi connectivity index (χ0n) is 7.66. The molecular formula is C11H13IS. The Bertz CT molecular complexity index is 242. The number of benzene rings is 1. The van der Waals surface area contributed by atoms with Crippen LogP contribution in [0.4, 0.5) is 0 Å². The van der Waals surface area contributed by atoms with Crippen molar-refractivity contribution in [2.45, 2.75) is 0 Å². The first kappa shape index (κ1) is 12.8. The second kappa shape index (κ2) is 8.38. The van der Waals surface area contributed by atoms with Crippen LogP contribution in [-0.4, -0.2) is 6.26 Å². The molecule has 1 aromatic rings. The second-order valence-electron chi connectivity index (χ2n) is 2.19. The van der Waals surface area contributed by atoms with E-state index in [0.717, 1.165) is 11.1 Å². The Hall–Kier alpha value is -0.220. The molecule has 0 spiro atoms. The van der Waals surface area contributed by atoms with Gasteiger partial charge in [-0.3, -0.25) is 0 Å². The zero-order chi connectivity index (χ0) is 10.1. The van der Waals surface area contributed by atoms with Crippen molar-refractivity contribution in [3.63, 3.8) is 0 Å². The van der Waals surface area contributed by atoms with Gasteiger partial charge in [0.2, 0.25) is 0 Å². The summed E-state index contributed by atoms with van der Waals surface area (Å²) >= 11 is 2.20. The van der Waals surface area contributed by atoms with Crippen molar-refractivity contribution >= 4 is 42.3 Å². The minimum Gasteiger partial charge on any atom is -0.0984 e. The Morgan fingerprint density at radius 3 is 1.69 bits per heavy atom. The number of rotatable bonds is 2. The average molecular weight is 304 g/mol. The van der Waals surface area contributed by atoms with Gasteiger partial charge in [0.05, 0.1) is 0 Å². The van der Waals surface area contributed by atoms with Crippen LogP contribution in [0.5, 0.6) is 0 Å². The standard InChI is InChI=1S/C10H10.CH3IS/c1-3-9-7-5-6-8-10(9)4-2;1-3-2/h3-8H,1-2H2;1H3. The van der Waals surface area contributed by atoms with Gasteiger partial charge in [0, 0.05) is 0 Å². The average Bonchev–Trinajstić information content (AvgIpc) is 2.19. The summed E-state index contributed by atoms with van der Waals surface area (Å²) in [6.07, 6.45) is 5.69. The van der Waals surface area contributed by atoms with Gasteiger partial charge in [-0.15, -0.1) is 0 Å². The first-order chi connectivity index (χ1) is 6.29. The van der Waals surface area contributed by atoms with Gasteiger partial charge >= 0.3 is 0 Å². The van der Waals surface area contributed by atoms with Crippen LogP contribution in [0.2, 0.25) is 0 Å². The Balaban J connectivity index is 0.000000424. The molecule has 2 heteroatoms. The monoisotopic (exact) mass is 304 g/mol. The molecule has 70 valence electrons. The lowest BCUT2D eigenvalue weighted by molar-refractivity contribution is 1.62. The van der Waals surface area contributed by atoms with Gasteiger partial charge in [0.15, 0.2) is 0 Å². The largest absolute Gasteiger partial charge is 0.0984 e. The van der Waals surface area contributed by atoms with E-state index in [-0.39, 0.29) is 0 Å². The van der Waals surface area contributed by atoms with Crippen molar-refractivity contribution in [2.75, 3.05) is 6.26 Å². The van der Waals surface area contributed by atoms with E-state index in [4.69, 9.17) is 0 Å². The minimum atomic E-state index is 1.14. The molecule has 1 aromatic carbocycles. The molecule has 0 nitrogen and oxygen atoms in total. The third kappa shape index (κ3) is 5.16. The Morgan fingerprint density at radius 1 is 1.15 bits per heavy atom. The lowest BCUT2D eigenvalue weighted by Gasteiger charge is -1.96. The molecule has 0 saturated heterocycles. The molecule has 0 fully saturated rings. The summed E-state index contributed by atoms with van der Waals surface area (Å²) in [4.78, 5) is 0. The van der Waals surface area contributed by atoms with E-state index in [0.29, 0.717) is 0 Å². The topological polar surface area (TPSA) is 0 Å². The predicted molar refractivity (Wildman–Crippen MR) is 74.2 cm³/mol. The van der Waals surface area contributed by atoms with Crippen LogP contribution in [0.1, 0.15) is 11.1 Å². The highest BCUT2D eigenvalue weighted by atomic mass is 127. The number of hydrogen-bond acceptors (Lipinski definition) is 1. The maximum atomic E-state index is 3.69. The predicted octanol–water partition coefficient (Wildman–Crippen LogP) is 4.67. The van der Waals surface area contributed by atoms with Crippen LogP contribution >= 0.6 is 30.1 Å². The molecule has 0 aliphatic carbocycles. The quantitative estimate of drug-likeness (QED) is 0.715. The van der Waals surface area contributed by atoms with Gasteiger partial charge in [-0.25, -0.2) is 0 Å². The van der Waals surface area contributed by atoms with E-state index < -0.39 is 0 Å². The first-order valence-electron chi connectivity index (χ1n) is 3.78. The van der Waals surface area contributed by atoms with Crippen molar-refractivity contribution in [1.29, 1.82) is 0 Å². The van der Waals surface area contributed by atoms with Crippen LogP contribution in [-0.2, 0) is 0 Å². The van der Waals surface area contributed by atoms with E-state index >= 15 is 0 Å². The van der Waals surface area contributed by atoms with E-state index in [1.165, 1.54) is 0 Å². The molecule has 1 rings (SSSR count). The van der Waals surface area contributed by atoms with Crippen molar-refractivity contribution in [3.8, 4) is 0 Å². The fourth-order valence-corrected chi connectivity index (χ4v) is 0.883. The lowest BCUT2D eigenvalue weighted by atomic mass is 10.1. The molecular weight excluding hydrogens is 291 g/mol. The van der Waals surface area contributed by atoms with E-state index in [1.54, 1.807) is 8.93 Å². The highest BCUT2D eigenvalue weighted by Crippen LogP contribution is 2.10. The normalized spacial score (nSPS) is 8.15. The van der Waals surface area contributed by atoms with Crippen molar-refractivity contribution in [1.82, 2.24) is 0 Å². The van der Waals surface area contributed by atoms with E-state index in [1.807, 2.05) is 42.7 Å². The third-order valence-corrected chi connectivity index (χ3v) is 1.44. The summed E-state index contributed by atoms with van der Waals surface area (Å²) in [5.74, 6) is 0. The zero-order valence-corrected chi connectivity index (χ0v) is 10.6. The van der Waals surface area contributed by atoms with Crippen LogP contribution in [0.15, 0.2) is 37.4 Å². The summed E-state index contributed by atoms with van der Waals surface area (Å²) in [5, 5.41) is 0. The first-order valence-corrected chi connectivity index (χ1v) is 7.55. The second-order valence-corrected chi connectivity index (χ2v) is 5.14. The van der Waals surface area contributed by atoms with E-state index in [2.05, 4.69) is 34.4 Å². The van der Waals surface area contributed by atoms with Crippen molar-refractivity contribution in [3.05, 3.63) is 48.6 Å². The molecule has 0 bridgehead atoms. The van der Waals surface area contributed by atoms with Crippen LogP contribution in [0, 0.1) is 0 Å². The summed E-state index contributed by atoms with van der Waals surface area (Å²) in [6.45, 7) is 7.38. The number of hydrogen-bond donors (Lipinski definition) is 0. The molecule has 0 atom stereocenters. The van der Waals surface area contributed by atoms with E-state index in [9.17, 15) is 0 Å². The molecule has 0 aliphatic heterocycles.